The molecular weight excluding hydrogens is 563 g/mol. The summed E-state index contributed by atoms with van der Waals surface area (Å²) >= 11 is 0. The molecule has 45 heavy (non-hydrogen) atoms. The highest BCUT2D eigenvalue weighted by molar-refractivity contribution is 6.47. The minimum Gasteiger partial charge on any atom is -0.404 e. The predicted molar refractivity (Wildman–Crippen MR) is 178 cm³/mol. The van der Waals surface area contributed by atoms with Gasteiger partial charge in [0.05, 0.1) is 23.3 Å². The van der Waals surface area contributed by atoms with Crippen molar-refractivity contribution in [2.24, 2.45) is 36.1 Å². The normalized spacial score (nSPS) is 26.2. The molecule has 1 aliphatic heterocycles. The molecule has 1 N–H and O–H groups in total. The zero-order chi connectivity index (χ0) is 32.5. The molecule has 1 saturated heterocycles. The Morgan fingerprint density at radius 1 is 1.07 bits per heavy atom. The third kappa shape index (κ3) is 7.02. The number of Topliss-reactive ketones (excluding diaryl/α,β-unsaturated/α-hetero) is 2. The number of ketones is 2. The minimum absolute atomic E-state index is 0.0198. The van der Waals surface area contributed by atoms with Gasteiger partial charge in [-0.3, -0.25) is 14.4 Å². The first kappa shape index (κ1) is 33.7. The van der Waals surface area contributed by atoms with Gasteiger partial charge in [-0.15, -0.1) is 0 Å². The Morgan fingerprint density at radius 3 is 2.42 bits per heavy atom. The second-order valence-corrected chi connectivity index (χ2v) is 15.2. The number of carbonyl (C=O) groups is 3. The van der Waals surface area contributed by atoms with Crippen LogP contribution < -0.4 is 5.32 Å². The van der Waals surface area contributed by atoms with E-state index in [4.69, 9.17) is 9.31 Å². The summed E-state index contributed by atoms with van der Waals surface area (Å²) in [7, 11) is 1.30. The largest absolute Gasteiger partial charge is 0.481 e. The fourth-order valence-corrected chi connectivity index (χ4v) is 8.21. The second kappa shape index (κ2) is 13.6. The lowest BCUT2D eigenvalue weighted by Crippen LogP contribution is -2.65. The van der Waals surface area contributed by atoms with Crippen molar-refractivity contribution in [1.29, 1.82) is 0 Å². The highest BCUT2D eigenvalue weighted by Gasteiger charge is 2.68. The Kier molecular flexibility index (Phi) is 10.1. The fraction of sp³-hybridized carbons (Fsp3) is 0.649. The zero-order valence-electron chi connectivity index (χ0n) is 28.4. The topological polar surface area (TPSA) is 86.6 Å². The zero-order valence-corrected chi connectivity index (χ0v) is 28.4. The lowest BCUT2D eigenvalue weighted by Gasteiger charge is -2.64. The molecule has 7 nitrogen and oxygen atoms in total. The summed E-state index contributed by atoms with van der Waals surface area (Å²) in [5.74, 6) is 0.0285. The average Bonchev–Trinajstić information content (AvgIpc) is 3.59. The number of aryl methyl sites for hydroxylation is 2. The monoisotopic (exact) mass is 616 g/mol. The molecule has 0 spiro atoms. The highest BCUT2D eigenvalue weighted by atomic mass is 16.7. The van der Waals surface area contributed by atoms with Crippen LogP contribution in [0.1, 0.15) is 119 Å². The van der Waals surface area contributed by atoms with Crippen molar-refractivity contribution >= 4 is 24.6 Å². The van der Waals surface area contributed by atoms with Crippen LogP contribution in [0.5, 0.6) is 0 Å². The second-order valence-electron chi connectivity index (χ2n) is 15.2. The molecule has 2 aromatic rings. The van der Waals surface area contributed by atoms with E-state index in [2.05, 4.69) is 46.9 Å². The Bertz CT molecular complexity index is 1370. The average molecular weight is 617 g/mol. The van der Waals surface area contributed by atoms with Crippen molar-refractivity contribution in [1.82, 2.24) is 9.88 Å². The summed E-state index contributed by atoms with van der Waals surface area (Å²) in [6.07, 6.45) is 8.42. The van der Waals surface area contributed by atoms with Gasteiger partial charge in [0.25, 0.3) is 0 Å². The molecule has 2 bridgehead atoms. The molecule has 1 aromatic heterocycles. The fourth-order valence-electron chi connectivity index (χ4n) is 8.21. The van der Waals surface area contributed by atoms with Crippen LogP contribution in [0.15, 0.2) is 42.6 Å². The number of nitrogens with zero attached hydrogens (tertiary/aromatic N) is 1. The van der Waals surface area contributed by atoms with Crippen LogP contribution in [0.3, 0.4) is 0 Å². The maximum absolute atomic E-state index is 14.1. The number of amides is 1. The first-order valence-corrected chi connectivity index (χ1v) is 17.2. The maximum atomic E-state index is 14.1. The van der Waals surface area contributed by atoms with Crippen LogP contribution in [0.2, 0.25) is 0 Å². The molecular formula is C37H53BN2O5. The number of hydrogen-bond donors (Lipinski definition) is 1. The van der Waals surface area contributed by atoms with Gasteiger partial charge in [0.1, 0.15) is 0 Å². The molecule has 8 heteroatoms. The van der Waals surface area contributed by atoms with Crippen LogP contribution in [-0.2, 0) is 27.6 Å². The van der Waals surface area contributed by atoms with Crippen molar-refractivity contribution in [2.45, 2.75) is 117 Å². The summed E-state index contributed by atoms with van der Waals surface area (Å²) in [5, 5.41) is 3.27. The van der Waals surface area contributed by atoms with E-state index in [-0.39, 0.29) is 59.8 Å². The molecule has 0 radical (unpaired) electrons. The van der Waals surface area contributed by atoms with Crippen LogP contribution in [0.4, 0.5) is 0 Å². The molecule has 1 amide bonds. The summed E-state index contributed by atoms with van der Waals surface area (Å²) in [4.78, 5) is 40.7. The molecule has 3 aliphatic carbocycles. The lowest BCUT2D eigenvalue weighted by molar-refractivity contribution is -0.199. The third-order valence-corrected chi connectivity index (χ3v) is 11.2. The van der Waals surface area contributed by atoms with Gasteiger partial charge in [0, 0.05) is 37.6 Å². The number of unbranched alkanes of at least 4 members (excludes halogenated alkanes) is 1. The van der Waals surface area contributed by atoms with Crippen LogP contribution in [0, 0.1) is 29.1 Å². The summed E-state index contributed by atoms with van der Waals surface area (Å²) in [6.45, 7) is 13.3. The van der Waals surface area contributed by atoms with Crippen LogP contribution in [0.25, 0.3) is 0 Å². The summed E-state index contributed by atoms with van der Waals surface area (Å²) in [6, 6.07) is 11.4. The molecule has 0 unspecified atom stereocenters. The Morgan fingerprint density at radius 2 is 1.80 bits per heavy atom. The van der Waals surface area contributed by atoms with Crippen molar-refractivity contribution in [3.05, 3.63) is 59.4 Å². The van der Waals surface area contributed by atoms with Gasteiger partial charge in [0.2, 0.25) is 5.91 Å². The Balaban J connectivity index is 1.31. The smallest absolute Gasteiger partial charge is 0.404 e. The highest BCUT2D eigenvalue weighted by Crippen LogP contribution is 2.65. The lowest BCUT2D eigenvalue weighted by atomic mass is 9.43. The van der Waals surface area contributed by atoms with Crippen molar-refractivity contribution in [3.8, 4) is 0 Å². The predicted octanol–water partition coefficient (Wildman–Crippen LogP) is 7.02. The number of nitrogens with one attached hydrogen (secondary N) is 1. The molecule has 3 saturated carbocycles. The van der Waals surface area contributed by atoms with Crippen LogP contribution in [-0.4, -0.2) is 46.8 Å². The summed E-state index contributed by atoms with van der Waals surface area (Å²) < 4.78 is 15.2. The van der Waals surface area contributed by atoms with Crippen molar-refractivity contribution < 1.29 is 23.7 Å². The van der Waals surface area contributed by atoms with Gasteiger partial charge in [-0.05, 0) is 86.3 Å². The maximum Gasteiger partial charge on any atom is 0.481 e. The third-order valence-electron chi connectivity index (χ3n) is 11.2. The first-order valence-electron chi connectivity index (χ1n) is 17.2. The van der Waals surface area contributed by atoms with Crippen molar-refractivity contribution in [2.75, 3.05) is 0 Å². The number of rotatable bonds is 15. The van der Waals surface area contributed by atoms with Gasteiger partial charge in [-0.2, -0.15) is 0 Å². The van der Waals surface area contributed by atoms with E-state index in [9.17, 15) is 14.4 Å². The molecule has 4 aliphatic rings. The van der Waals surface area contributed by atoms with Gasteiger partial charge >= 0.3 is 7.12 Å². The van der Waals surface area contributed by atoms with E-state index in [0.29, 0.717) is 35.4 Å². The quantitative estimate of drug-likeness (QED) is 0.172. The SMILES string of the molecule is CCCCc1ccc(C(=O)C[C@@H](CCC(=O)c2cccn2C)C(=O)N[C@@H](CC(C)C)B2O[C@@H]3C[C@@H]4C[C@@H](C4(C)C)[C@]3(C)O2)cc1. The van der Waals surface area contributed by atoms with E-state index in [1.54, 1.807) is 10.6 Å². The van der Waals surface area contributed by atoms with E-state index >= 15 is 0 Å². The number of aromatic nitrogens is 1. The van der Waals surface area contributed by atoms with Gasteiger partial charge in [0.15, 0.2) is 11.6 Å². The molecule has 244 valence electrons. The number of carbonyl (C=O) groups excluding carboxylic acids is 3. The van der Waals surface area contributed by atoms with Gasteiger partial charge in [-0.25, -0.2) is 0 Å². The first-order chi connectivity index (χ1) is 21.3. The molecule has 6 atom stereocenters. The summed E-state index contributed by atoms with van der Waals surface area (Å²) in [5.41, 5.74) is 2.26. The Hall–Kier alpha value is -2.71. The Labute approximate surface area is 270 Å². The molecule has 2 heterocycles. The van der Waals surface area contributed by atoms with E-state index in [1.807, 2.05) is 43.6 Å². The standard InChI is InChI=1S/C37H53BN2O5/c1-8-9-11-25-13-15-26(16-14-25)31(42)21-27(17-18-30(41)29-12-10-19-40(29)7)35(43)39-34(20-24(2)3)38-44-33-23-28-22-32(36(28,4)5)37(33,6)45-38/h10,12-16,19,24,27-28,32-34H,8-9,11,17-18,20-23H2,1-7H3,(H,39,43)/t27-,28+,32+,33-,34+,37+/m1/s1. The van der Waals surface area contributed by atoms with E-state index in [1.165, 1.54) is 5.56 Å². The van der Waals surface area contributed by atoms with E-state index < -0.39 is 13.0 Å². The molecule has 1 aromatic carbocycles. The van der Waals surface area contributed by atoms with Gasteiger partial charge in [-0.1, -0.05) is 65.3 Å². The number of hydrogen-bond acceptors (Lipinski definition) is 5. The van der Waals surface area contributed by atoms with Crippen molar-refractivity contribution in [3.63, 3.8) is 0 Å². The van der Waals surface area contributed by atoms with Crippen LogP contribution >= 0.6 is 0 Å². The minimum atomic E-state index is -0.651. The molecule has 4 fully saturated rings. The van der Waals surface area contributed by atoms with Gasteiger partial charge < -0.3 is 19.2 Å². The molecule has 6 rings (SSSR count). The number of benzene rings is 1. The van der Waals surface area contributed by atoms with E-state index in [0.717, 1.165) is 32.1 Å².